The van der Waals surface area contributed by atoms with Crippen LogP contribution in [0.1, 0.15) is 0 Å². The minimum Gasteiger partial charge on any atom is -0.398 e. The summed E-state index contributed by atoms with van der Waals surface area (Å²) in [6, 6.07) is 7.36. The smallest absolute Gasteiger partial charge is 0.245 e. The standard InChI is InChI=1S/C11H16N3O2S/c1-13-6-8-14(9-7-13)17(15,16)11-5-3-2-4-10(11)12/h2,4-5H,6-9,12H2,1H3. The lowest BCUT2D eigenvalue weighted by Gasteiger charge is -2.31. The van der Waals surface area contributed by atoms with Gasteiger partial charge >= 0.3 is 0 Å². The molecule has 0 aromatic heterocycles. The van der Waals surface area contributed by atoms with Crippen LogP contribution in [0.4, 0.5) is 5.69 Å². The molecule has 1 radical (unpaired) electrons. The minimum atomic E-state index is -3.47. The summed E-state index contributed by atoms with van der Waals surface area (Å²) in [7, 11) is -1.48. The molecule has 6 heteroatoms. The Labute approximate surface area is 102 Å². The number of hydrogen-bond donors (Lipinski definition) is 1. The highest BCUT2D eigenvalue weighted by Crippen LogP contribution is 2.22. The molecule has 1 aliphatic heterocycles. The molecular formula is C11H16N3O2S. The second-order valence-corrected chi connectivity index (χ2v) is 6.08. The van der Waals surface area contributed by atoms with E-state index >= 15 is 0 Å². The third kappa shape index (κ3) is 2.43. The molecule has 1 saturated heterocycles. The Hall–Kier alpha value is -1.11. The van der Waals surface area contributed by atoms with Crippen molar-refractivity contribution in [1.82, 2.24) is 9.21 Å². The van der Waals surface area contributed by atoms with Crippen LogP contribution in [0, 0.1) is 6.07 Å². The first kappa shape index (κ1) is 12.3. The van der Waals surface area contributed by atoms with E-state index < -0.39 is 10.0 Å². The number of piperazine rings is 1. The zero-order valence-corrected chi connectivity index (χ0v) is 10.6. The van der Waals surface area contributed by atoms with E-state index in [-0.39, 0.29) is 10.6 Å². The van der Waals surface area contributed by atoms with E-state index in [4.69, 9.17) is 5.73 Å². The van der Waals surface area contributed by atoms with Crippen molar-refractivity contribution in [2.45, 2.75) is 4.90 Å². The van der Waals surface area contributed by atoms with Crippen LogP contribution in [0.5, 0.6) is 0 Å². The van der Waals surface area contributed by atoms with Gasteiger partial charge < -0.3 is 10.6 Å². The third-order valence-electron chi connectivity index (χ3n) is 2.94. The summed E-state index contributed by atoms with van der Waals surface area (Å²) in [5, 5.41) is 0. The number of likely N-dealkylation sites (N-methyl/N-ethyl adjacent to an activating group) is 1. The molecule has 93 valence electrons. The topological polar surface area (TPSA) is 66.6 Å². The molecule has 2 N–H and O–H groups in total. The molecule has 5 nitrogen and oxygen atoms in total. The molecular weight excluding hydrogens is 238 g/mol. The molecule has 1 aliphatic rings. The number of sulfonamides is 1. The van der Waals surface area contributed by atoms with Gasteiger partial charge in [-0.25, -0.2) is 8.42 Å². The molecule has 0 atom stereocenters. The Morgan fingerprint density at radius 2 is 1.94 bits per heavy atom. The van der Waals surface area contributed by atoms with Gasteiger partial charge in [-0.2, -0.15) is 4.31 Å². The lowest BCUT2D eigenvalue weighted by atomic mass is 10.3. The van der Waals surface area contributed by atoms with E-state index in [1.807, 2.05) is 7.05 Å². The summed E-state index contributed by atoms with van der Waals surface area (Å²) in [6.07, 6.45) is 0. The molecule has 0 aliphatic carbocycles. The predicted molar refractivity (Wildman–Crippen MR) is 65.9 cm³/mol. The van der Waals surface area contributed by atoms with Gasteiger partial charge in [0.05, 0.1) is 5.69 Å². The first-order valence-electron chi connectivity index (χ1n) is 5.46. The van der Waals surface area contributed by atoms with Crippen molar-refractivity contribution in [3.05, 3.63) is 24.3 Å². The van der Waals surface area contributed by atoms with Crippen molar-refractivity contribution >= 4 is 15.7 Å². The number of rotatable bonds is 2. The van der Waals surface area contributed by atoms with Gasteiger partial charge in [0.15, 0.2) is 0 Å². The van der Waals surface area contributed by atoms with Crippen LogP contribution >= 0.6 is 0 Å². The van der Waals surface area contributed by atoms with E-state index in [1.165, 1.54) is 10.4 Å². The monoisotopic (exact) mass is 254 g/mol. The molecule has 1 fully saturated rings. The Balaban J connectivity index is 2.28. The summed E-state index contributed by atoms with van der Waals surface area (Å²) in [5.41, 5.74) is 5.98. The van der Waals surface area contributed by atoms with Gasteiger partial charge in [-0.3, -0.25) is 0 Å². The average molecular weight is 254 g/mol. The van der Waals surface area contributed by atoms with Crippen LogP contribution in [0.3, 0.4) is 0 Å². The molecule has 17 heavy (non-hydrogen) atoms. The van der Waals surface area contributed by atoms with E-state index in [9.17, 15) is 8.42 Å². The fourth-order valence-corrected chi connectivity index (χ4v) is 3.32. The SMILES string of the molecule is CN1CCN(S(=O)(=O)c2c[c]ccc2N)CC1. The Kier molecular flexibility index (Phi) is 3.37. The first-order valence-corrected chi connectivity index (χ1v) is 6.90. The lowest BCUT2D eigenvalue weighted by Crippen LogP contribution is -2.47. The van der Waals surface area contributed by atoms with Crippen LogP contribution in [0.25, 0.3) is 0 Å². The van der Waals surface area contributed by atoms with Crippen LogP contribution in [-0.2, 0) is 10.0 Å². The normalized spacial score (nSPS) is 19.4. The maximum absolute atomic E-state index is 12.3. The molecule has 0 unspecified atom stereocenters. The van der Waals surface area contributed by atoms with E-state index in [1.54, 1.807) is 12.1 Å². The van der Waals surface area contributed by atoms with Crippen molar-refractivity contribution in [3.8, 4) is 0 Å². The van der Waals surface area contributed by atoms with Crippen molar-refractivity contribution in [2.75, 3.05) is 39.0 Å². The number of nitrogens with two attached hydrogens (primary N) is 1. The fourth-order valence-electron chi connectivity index (χ4n) is 1.82. The number of nitrogen functional groups attached to an aromatic ring is 1. The Bertz CT molecular complexity index is 493. The first-order chi connectivity index (χ1) is 8.01. The van der Waals surface area contributed by atoms with Crippen LogP contribution in [-0.4, -0.2) is 50.8 Å². The maximum atomic E-state index is 12.3. The summed E-state index contributed by atoms with van der Waals surface area (Å²) in [6.45, 7) is 2.51. The van der Waals surface area contributed by atoms with Gasteiger partial charge in [-0.15, -0.1) is 0 Å². The van der Waals surface area contributed by atoms with Gasteiger partial charge in [-0.1, -0.05) is 6.07 Å². The highest BCUT2D eigenvalue weighted by molar-refractivity contribution is 7.89. The zero-order valence-electron chi connectivity index (χ0n) is 9.76. The summed E-state index contributed by atoms with van der Waals surface area (Å²) < 4.78 is 26.1. The van der Waals surface area contributed by atoms with Crippen LogP contribution in [0.2, 0.25) is 0 Å². The molecule has 1 heterocycles. The second-order valence-electron chi connectivity index (χ2n) is 4.17. The second kappa shape index (κ2) is 4.64. The lowest BCUT2D eigenvalue weighted by molar-refractivity contribution is 0.222. The predicted octanol–water partition coefficient (Wildman–Crippen LogP) is 0.00509. The van der Waals surface area contributed by atoms with Gasteiger partial charge in [0.25, 0.3) is 0 Å². The third-order valence-corrected chi connectivity index (χ3v) is 4.89. The van der Waals surface area contributed by atoms with E-state index in [2.05, 4.69) is 11.0 Å². The minimum absolute atomic E-state index is 0.157. The number of hydrogen-bond acceptors (Lipinski definition) is 4. The highest BCUT2D eigenvalue weighted by Gasteiger charge is 2.28. The highest BCUT2D eigenvalue weighted by atomic mass is 32.2. The van der Waals surface area contributed by atoms with Gasteiger partial charge in [0.2, 0.25) is 10.0 Å². The van der Waals surface area contributed by atoms with Crippen LogP contribution < -0.4 is 5.73 Å². The molecule has 2 rings (SSSR count). The van der Waals surface area contributed by atoms with Crippen molar-refractivity contribution in [2.24, 2.45) is 0 Å². The van der Waals surface area contributed by atoms with Gasteiger partial charge in [0.1, 0.15) is 4.90 Å². The van der Waals surface area contributed by atoms with Crippen molar-refractivity contribution < 1.29 is 8.42 Å². The molecule has 1 aromatic carbocycles. The Morgan fingerprint density at radius 1 is 1.29 bits per heavy atom. The zero-order chi connectivity index (χ0) is 12.5. The van der Waals surface area contributed by atoms with Crippen LogP contribution in [0.15, 0.2) is 23.1 Å². The summed E-state index contributed by atoms with van der Waals surface area (Å²) in [4.78, 5) is 2.26. The van der Waals surface area contributed by atoms with E-state index in [0.29, 0.717) is 13.1 Å². The summed E-state index contributed by atoms with van der Waals surface area (Å²) >= 11 is 0. The quantitative estimate of drug-likeness (QED) is 0.755. The maximum Gasteiger partial charge on any atom is 0.245 e. The number of nitrogens with zero attached hydrogens (tertiary/aromatic N) is 2. The van der Waals surface area contributed by atoms with Gasteiger partial charge in [-0.05, 0) is 25.2 Å². The Morgan fingerprint density at radius 3 is 2.53 bits per heavy atom. The largest absolute Gasteiger partial charge is 0.398 e. The van der Waals surface area contributed by atoms with Crippen molar-refractivity contribution in [1.29, 1.82) is 0 Å². The van der Waals surface area contributed by atoms with E-state index in [0.717, 1.165) is 13.1 Å². The molecule has 0 saturated carbocycles. The number of benzene rings is 1. The summed E-state index contributed by atoms with van der Waals surface area (Å²) in [5.74, 6) is 0. The fraction of sp³-hybridized carbons (Fsp3) is 0.455. The average Bonchev–Trinajstić information content (AvgIpc) is 2.30. The molecule has 0 amide bonds. The van der Waals surface area contributed by atoms with Gasteiger partial charge in [0, 0.05) is 26.2 Å². The van der Waals surface area contributed by atoms with Crippen molar-refractivity contribution in [3.63, 3.8) is 0 Å². The molecule has 0 bridgehead atoms. The molecule has 1 aromatic rings. The molecule has 0 spiro atoms. The number of anilines is 1.